The molecule has 0 aromatic heterocycles. The maximum Gasteiger partial charge on any atom is 0.317 e. The number of piperidine rings is 1. The summed E-state index contributed by atoms with van der Waals surface area (Å²) in [6.45, 7) is 7.87. The summed E-state index contributed by atoms with van der Waals surface area (Å²) in [4.78, 5) is 13.7. The normalized spacial score (nSPS) is 26.9. The minimum atomic E-state index is 0.0754. The minimum Gasteiger partial charge on any atom is -0.336 e. The Labute approximate surface area is 92.4 Å². The Morgan fingerprint density at radius 3 is 2.60 bits per heavy atom. The van der Waals surface area contributed by atoms with Gasteiger partial charge < -0.3 is 15.5 Å². The molecular formula is C11H23N3O. The first-order valence-corrected chi connectivity index (χ1v) is 5.77. The molecule has 0 saturated carbocycles. The molecule has 4 heteroatoms. The van der Waals surface area contributed by atoms with Crippen LogP contribution in [0.4, 0.5) is 4.79 Å². The third-order valence-electron chi connectivity index (χ3n) is 2.98. The van der Waals surface area contributed by atoms with Gasteiger partial charge in [0.2, 0.25) is 0 Å². The van der Waals surface area contributed by atoms with Gasteiger partial charge in [-0.2, -0.15) is 0 Å². The van der Waals surface area contributed by atoms with E-state index in [0.29, 0.717) is 12.0 Å². The number of nitrogens with one attached hydrogen (secondary N) is 2. The summed E-state index contributed by atoms with van der Waals surface area (Å²) in [5, 5.41) is 6.23. The molecule has 1 saturated heterocycles. The molecule has 0 aliphatic carbocycles. The van der Waals surface area contributed by atoms with Gasteiger partial charge in [-0.05, 0) is 33.2 Å². The Morgan fingerprint density at radius 2 is 2.13 bits per heavy atom. The van der Waals surface area contributed by atoms with Crippen molar-refractivity contribution in [2.24, 2.45) is 5.92 Å². The second-order valence-electron chi connectivity index (χ2n) is 4.71. The van der Waals surface area contributed by atoms with E-state index in [-0.39, 0.29) is 12.1 Å². The highest BCUT2D eigenvalue weighted by Crippen LogP contribution is 2.16. The van der Waals surface area contributed by atoms with Gasteiger partial charge in [-0.15, -0.1) is 0 Å². The van der Waals surface area contributed by atoms with Crippen LogP contribution in [-0.2, 0) is 0 Å². The number of amides is 2. The molecule has 88 valence electrons. The molecule has 2 amide bonds. The second-order valence-corrected chi connectivity index (χ2v) is 4.71. The lowest BCUT2D eigenvalue weighted by atomic mass is 9.94. The fourth-order valence-electron chi connectivity index (χ4n) is 2.10. The number of carbonyl (C=O) groups excluding carboxylic acids is 1. The molecule has 15 heavy (non-hydrogen) atoms. The van der Waals surface area contributed by atoms with Crippen LogP contribution in [-0.4, -0.2) is 43.2 Å². The third kappa shape index (κ3) is 3.38. The molecule has 1 aliphatic heterocycles. The first-order valence-electron chi connectivity index (χ1n) is 5.77. The summed E-state index contributed by atoms with van der Waals surface area (Å²) < 4.78 is 0. The molecule has 2 atom stereocenters. The van der Waals surface area contributed by atoms with Crippen LogP contribution in [0.25, 0.3) is 0 Å². The zero-order chi connectivity index (χ0) is 11.4. The van der Waals surface area contributed by atoms with Gasteiger partial charge in [0.05, 0.1) is 0 Å². The van der Waals surface area contributed by atoms with E-state index < -0.39 is 0 Å². The van der Waals surface area contributed by atoms with E-state index in [4.69, 9.17) is 0 Å². The lowest BCUT2D eigenvalue weighted by Crippen LogP contribution is -2.52. The third-order valence-corrected chi connectivity index (χ3v) is 2.98. The van der Waals surface area contributed by atoms with Gasteiger partial charge in [-0.1, -0.05) is 6.92 Å². The van der Waals surface area contributed by atoms with Gasteiger partial charge in [0.1, 0.15) is 0 Å². The highest BCUT2D eigenvalue weighted by molar-refractivity contribution is 5.74. The summed E-state index contributed by atoms with van der Waals surface area (Å²) in [6, 6.07) is 0.842. The molecule has 1 fully saturated rings. The molecule has 2 N–H and O–H groups in total. The minimum absolute atomic E-state index is 0.0754. The van der Waals surface area contributed by atoms with Crippen LogP contribution in [0.1, 0.15) is 27.2 Å². The van der Waals surface area contributed by atoms with Crippen molar-refractivity contribution in [2.45, 2.75) is 39.3 Å². The average Bonchev–Trinajstić information content (AvgIpc) is 2.16. The molecule has 0 aromatic carbocycles. The zero-order valence-electron chi connectivity index (χ0n) is 10.2. The van der Waals surface area contributed by atoms with Crippen LogP contribution in [0.5, 0.6) is 0 Å². The van der Waals surface area contributed by atoms with E-state index in [0.717, 1.165) is 19.5 Å². The Kier molecular flexibility index (Phi) is 4.39. The summed E-state index contributed by atoms with van der Waals surface area (Å²) in [5.74, 6) is 0.529. The Hall–Kier alpha value is -0.770. The molecule has 0 bridgehead atoms. The van der Waals surface area contributed by atoms with Crippen LogP contribution in [0, 0.1) is 5.92 Å². The van der Waals surface area contributed by atoms with Gasteiger partial charge in [-0.3, -0.25) is 0 Å². The van der Waals surface area contributed by atoms with Crippen molar-refractivity contribution in [3.05, 3.63) is 0 Å². The highest BCUT2D eigenvalue weighted by Gasteiger charge is 2.27. The largest absolute Gasteiger partial charge is 0.336 e. The molecule has 1 heterocycles. The quantitative estimate of drug-likeness (QED) is 0.719. The zero-order valence-corrected chi connectivity index (χ0v) is 10.2. The molecular weight excluding hydrogens is 190 g/mol. The van der Waals surface area contributed by atoms with Gasteiger partial charge >= 0.3 is 6.03 Å². The predicted molar refractivity (Wildman–Crippen MR) is 61.9 cm³/mol. The van der Waals surface area contributed by atoms with Crippen molar-refractivity contribution < 1.29 is 4.79 Å². The number of nitrogens with zero attached hydrogens (tertiary/aromatic N) is 1. The monoisotopic (exact) mass is 213 g/mol. The Bertz CT molecular complexity index is 218. The van der Waals surface area contributed by atoms with E-state index in [1.807, 2.05) is 25.8 Å². The maximum atomic E-state index is 11.7. The first kappa shape index (κ1) is 12.3. The van der Waals surface area contributed by atoms with Crippen molar-refractivity contribution in [1.29, 1.82) is 0 Å². The average molecular weight is 213 g/mol. The van der Waals surface area contributed by atoms with E-state index in [2.05, 4.69) is 17.6 Å². The number of hydrogen-bond acceptors (Lipinski definition) is 2. The number of carbonyl (C=O) groups is 1. The van der Waals surface area contributed by atoms with Gasteiger partial charge in [0.15, 0.2) is 0 Å². The van der Waals surface area contributed by atoms with E-state index in [1.54, 1.807) is 0 Å². The van der Waals surface area contributed by atoms with Gasteiger partial charge in [0, 0.05) is 25.2 Å². The van der Waals surface area contributed by atoms with Crippen LogP contribution in [0.3, 0.4) is 0 Å². The Balaban J connectivity index is 2.43. The Morgan fingerprint density at radius 1 is 1.47 bits per heavy atom. The molecule has 2 unspecified atom stereocenters. The smallest absolute Gasteiger partial charge is 0.317 e. The lowest BCUT2D eigenvalue weighted by molar-refractivity contribution is 0.151. The second kappa shape index (κ2) is 5.35. The highest BCUT2D eigenvalue weighted by atomic mass is 16.2. The van der Waals surface area contributed by atoms with Crippen molar-refractivity contribution in [3.8, 4) is 0 Å². The van der Waals surface area contributed by atoms with Crippen LogP contribution < -0.4 is 10.6 Å². The summed E-state index contributed by atoms with van der Waals surface area (Å²) in [7, 11) is 1.99. The summed E-state index contributed by atoms with van der Waals surface area (Å²) in [6.07, 6.45) is 1.04. The number of rotatable bonds is 2. The maximum absolute atomic E-state index is 11.7. The first-order chi connectivity index (χ1) is 7.04. The fraction of sp³-hybridized carbons (Fsp3) is 0.909. The topological polar surface area (TPSA) is 44.4 Å². The number of urea groups is 1. The summed E-state index contributed by atoms with van der Waals surface area (Å²) >= 11 is 0. The van der Waals surface area contributed by atoms with Gasteiger partial charge in [-0.25, -0.2) is 4.79 Å². The SMILES string of the molecule is CNC1CCN(C(=O)NC(C)C)CC1C. The van der Waals surface area contributed by atoms with Crippen LogP contribution in [0.2, 0.25) is 0 Å². The molecule has 0 radical (unpaired) electrons. The molecule has 1 aliphatic rings. The van der Waals surface area contributed by atoms with E-state index in [9.17, 15) is 4.79 Å². The lowest BCUT2D eigenvalue weighted by Gasteiger charge is -2.37. The van der Waals surface area contributed by atoms with Crippen molar-refractivity contribution >= 4 is 6.03 Å². The summed E-state index contributed by atoms with van der Waals surface area (Å²) in [5.41, 5.74) is 0. The van der Waals surface area contributed by atoms with Crippen molar-refractivity contribution in [2.75, 3.05) is 20.1 Å². The van der Waals surface area contributed by atoms with Crippen LogP contribution >= 0.6 is 0 Å². The van der Waals surface area contributed by atoms with Crippen molar-refractivity contribution in [1.82, 2.24) is 15.5 Å². The standard InChI is InChI=1S/C11H23N3O/c1-8(2)13-11(15)14-6-5-10(12-4)9(3)7-14/h8-10,12H,5-7H2,1-4H3,(H,13,15). The van der Waals surface area contributed by atoms with Gasteiger partial charge in [0.25, 0.3) is 0 Å². The van der Waals surface area contributed by atoms with E-state index >= 15 is 0 Å². The fourth-order valence-corrected chi connectivity index (χ4v) is 2.10. The molecule has 0 spiro atoms. The van der Waals surface area contributed by atoms with Crippen LogP contribution in [0.15, 0.2) is 0 Å². The molecule has 4 nitrogen and oxygen atoms in total. The predicted octanol–water partition coefficient (Wildman–Crippen LogP) is 1.03. The van der Waals surface area contributed by atoms with Crippen molar-refractivity contribution in [3.63, 3.8) is 0 Å². The van der Waals surface area contributed by atoms with E-state index in [1.165, 1.54) is 0 Å². The molecule has 1 rings (SSSR count). The number of hydrogen-bond donors (Lipinski definition) is 2. The number of likely N-dealkylation sites (tertiary alicyclic amines) is 1. The molecule has 0 aromatic rings.